The number of alkyl halides is 3. The van der Waals surface area contributed by atoms with Crippen LogP contribution in [0, 0.1) is 12.7 Å². The van der Waals surface area contributed by atoms with Gasteiger partial charge in [-0.15, -0.1) is 0 Å². The second-order valence-electron chi connectivity index (χ2n) is 4.62. The van der Waals surface area contributed by atoms with Gasteiger partial charge in [-0.2, -0.15) is 13.2 Å². The second kappa shape index (κ2) is 5.93. The number of hydrogen-bond donors (Lipinski definition) is 1. The van der Waals surface area contributed by atoms with Gasteiger partial charge < -0.3 is 5.32 Å². The number of anilines is 1. The predicted molar refractivity (Wildman–Crippen MR) is 74.9 cm³/mol. The van der Waals surface area contributed by atoms with Crippen molar-refractivity contribution in [3.8, 4) is 0 Å². The molecule has 0 bridgehead atoms. The van der Waals surface area contributed by atoms with Crippen molar-refractivity contribution in [1.29, 1.82) is 0 Å². The number of nitrogens with one attached hydrogen (secondary N) is 1. The van der Waals surface area contributed by atoms with E-state index >= 15 is 0 Å². The van der Waals surface area contributed by atoms with Gasteiger partial charge in [-0.1, -0.05) is 17.7 Å². The van der Waals surface area contributed by atoms with Gasteiger partial charge in [0.05, 0.1) is 11.3 Å². The van der Waals surface area contributed by atoms with Crippen LogP contribution in [0.4, 0.5) is 23.2 Å². The first-order valence-electron chi connectivity index (χ1n) is 6.13. The average Bonchev–Trinajstić information content (AvgIpc) is 2.38. The van der Waals surface area contributed by atoms with Crippen molar-refractivity contribution in [2.24, 2.45) is 0 Å². The van der Waals surface area contributed by atoms with Crippen molar-refractivity contribution in [3.05, 3.63) is 63.9 Å². The summed E-state index contributed by atoms with van der Waals surface area (Å²) < 4.78 is 51.4. The largest absolute Gasteiger partial charge is 0.416 e. The maximum atomic E-state index is 13.6. The van der Waals surface area contributed by atoms with E-state index < -0.39 is 17.6 Å². The van der Waals surface area contributed by atoms with Gasteiger partial charge in [0, 0.05) is 11.6 Å². The van der Waals surface area contributed by atoms with Crippen molar-refractivity contribution in [2.75, 3.05) is 5.32 Å². The van der Waals surface area contributed by atoms with Gasteiger partial charge in [-0.05, 0) is 48.4 Å². The highest BCUT2D eigenvalue weighted by Gasteiger charge is 2.31. The van der Waals surface area contributed by atoms with Crippen LogP contribution >= 0.6 is 11.6 Å². The quantitative estimate of drug-likeness (QED) is 0.745. The lowest BCUT2D eigenvalue weighted by Gasteiger charge is -2.13. The van der Waals surface area contributed by atoms with Crippen LogP contribution in [0.1, 0.15) is 16.7 Å². The SMILES string of the molecule is Cc1cc(Cl)ccc1CNc1cc(C(F)(F)F)ccc1F. The number of rotatable bonds is 3. The highest BCUT2D eigenvalue weighted by molar-refractivity contribution is 6.30. The van der Waals surface area contributed by atoms with E-state index in [1.807, 2.05) is 6.92 Å². The molecule has 0 radical (unpaired) electrons. The molecule has 0 amide bonds. The van der Waals surface area contributed by atoms with Gasteiger partial charge in [-0.25, -0.2) is 4.39 Å². The van der Waals surface area contributed by atoms with E-state index in [4.69, 9.17) is 11.6 Å². The molecule has 2 aromatic rings. The van der Waals surface area contributed by atoms with Crippen LogP contribution in [-0.2, 0) is 12.7 Å². The Morgan fingerprint density at radius 3 is 2.43 bits per heavy atom. The summed E-state index contributed by atoms with van der Waals surface area (Å²) in [5.74, 6) is -0.727. The Morgan fingerprint density at radius 2 is 1.81 bits per heavy atom. The molecule has 0 fully saturated rings. The summed E-state index contributed by atoms with van der Waals surface area (Å²) in [5.41, 5.74) is 0.636. The number of halogens is 5. The lowest BCUT2D eigenvalue weighted by Crippen LogP contribution is -2.08. The third-order valence-corrected chi connectivity index (χ3v) is 3.30. The fourth-order valence-electron chi connectivity index (χ4n) is 1.89. The maximum absolute atomic E-state index is 13.6. The van der Waals surface area contributed by atoms with E-state index in [0.717, 1.165) is 23.3 Å². The van der Waals surface area contributed by atoms with E-state index in [1.165, 1.54) is 0 Å². The van der Waals surface area contributed by atoms with E-state index in [1.54, 1.807) is 18.2 Å². The molecule has 0 atom stereocenters. The minimum Gasteiger partial charge on any atom is -0.379 e. The van der Waals surface area contributed by atoms with Crippen LogP contribution in [-0.4, -0.2) is 0 Å². The second-order valence-corrected chi connectivity index (χ2v) is 5.05. The van der Waals surface area contributed by atoms with Gasteiger partial charge >= 0.3 is 6.18 Å². The molecule has 0 spiro atoms. The molecule has 0 aliphatic carbocycles. The van der Waals surface area contributed by atoms with Crippen molar-refractivity contribution in [2.45, 2.75) is 19.6 Å². The van der Waals surface area contributed by atoms with Gasteiger partial charge in [0.2, 0.25) is 0 Å². The van der Waals surface area contributed by atoms with E-state index in [2.05, 4.69) is 5.32 Å². The normalized spacial score (nSPS) is 11.5. The molecule has 1 N–H and O–H groups in total. The molecular weight excluding hydrogens is 306 g/mol. The van der Waals surface area contributed by atoms with Gasteiger partial charge in [0.1, 0.15) is 5.82 Å². The molecule has 1 nitrogen and oxygen atoms in total. The van der Waals surface area contributed by atoms with Crippen molar-refractivity contribution < 1.29 is 17.6 Å². The zero-order chi connectivity index (χ0) is 15.6. The average molecular weight is 318 g/mol. The molecule has 0 heterocycles. The smallest absolute Gasteiger partial charge is 0.379 e. The maximum Gasteiger partial charge on any atom is 0.416 e. The summed E-state index contributed by atoms with van der Waals surface area (Å²) >= 11 is 5.82. The first-order valence-corrected chi connectivity index (χ1v) is 6.51. The van der Waals surface area contributed by atoms with E-state index in [0.29, 0.717) is 11.1 Å². The van der Waals surface area contributed by atoms with Gasteiger partial charge in [0.15, 0.2) is 0 Å². The van der Waals surface area contributed by atoms with Crippen LogP contribution in [0.2, 0.25) is 5.02 Å². The van der Waals surface area contributed by atoms with Crippen LogP contribution in [0.15, 0.2) is 36.4 Å². The van der Waals surface area contributed by atoms with Crippen LogP contribution < -0.4 is 5.32 Å². The topological polar surface area (TPSA) is 12.0 Å². The Morgan fingerprint density at radius 1 is 1.10 bits per heavy atom. The van der Waals surface area contributed by atoms with E-state index in [-0.39, 0.29) is 12.2 Å². The Balaban J connectivity index is 2.19. The lowest BCUT2D eigenvalue weighted by molar-refractivity contribution is -0.137. The summed E-state index contributed by atoms with van der Waals surface area (Å²) in [4.78, 5) is 0. The summed E-state index contributed by atoms with van der Waals surface area (Å²) in [6.07, 6.45) is -4.50. The Bertz CT molecular complexity index is 653. The molecule has 0 saturated heterocycles. The zero-order valence-electron chi connectivity index (χ0n) is 11.1. The minimum atomic E-state index is -4.50. The first kappa shape index (κ1) is 15.6. The fourth-order valence-corrected chi connectivity index (χ4v) is 2.11. The number of hydrogen-bond acceptors (Lipinski definition) is 1. The third kappa shape index (κ3) is 3.88. The molecule has 0 unspecified atom stereocenters. The minimum absolute atomic E-state index is 0.181. The standard InChI is InChI=1S/C15H12ClF4N/c1-9-6-12(16)4-2-10(9)8-21-14-7-11(15(18,19)20)3-5-13(14)17/h2-7,21H,8H2,1H3. The Hall–Kier alpha value is -1.75. The summed E-state index contributed by atoms with van der Waals surface area (Å²) in [6.45, 7) is 2.03. The molecule has 6 heteroatoms. The van der Waals surface area contributed by atoms with Gasteiger partial charge in [-0.3, -0.25) is 0 Å². The summed E-state index contributed by atoms with van der Waals surface area (Å²) in [5, 5.41) is 3.25. The monoisotopic (exact) mass is 317 g/mol. The molecule has 112 valence electrons. The van der Waals surface area contributed by atoms with Crippen molar-refractivity contribution in [3.63, 3.8) is 0 Å². The Labute approximate surface area is 124 Å². The molecule has 21 heavy (non-hydrogen) atoms. The third-order valence-electron chi connectivity index (χ3n) is 3.07. The predicted octanol–water partition coefficient (Wildman–Crippen LogP) is 5.42. The molecule has 0 aromatic heterocycles. The van der Waals surface area contributed by atoms with Crippen LogP contribution in [0.3, 0.4) is 0 Å². The van der Waals surface area contributed by atoms with Gasteiger partial charge in [0.25, 0.3) is 0 Å². The Kier molecular flexibility index (Phi) is 4.42. The zero-order valence-corrected chi connectivity index (χ0v) is 11.8. The lowest BCUT2D eigenvalue weighted by atomic mass is 10.1. The van der Waals surface area contributed by atoms with Crippen LogP contribution in [0.5, 0.6) is 0 Å². The van der Waals surface area contributed by atoms with Crippen molar-refractivity contribution >= 4 is 17.3 Å². The number of benzene rings is 2. The highest BCUT2D eigenvalue weighted by Crippen LogP contribution is 2.32. The summed E-state index contributed by atoms with van der Waals surface area (Å²) in [7, 11) is 0. The molecule has 0 saturated carbocycles. The number of aryl methyl sites for hydroxylation is 1. The molecule has 2 rings (SSSR count). The van der Waals surface area contributed by atoms with E-state index in [9.17, 15) is 17.6 Å². The molecular formula is C15H12ClF4N. The molecule has 2 aromatic carbocycles. The first-order chi connectivity index (χ1) is 9.77. The van der Waals surface area contributed by atoms with Crippen molar-refractivity contribution in [1.82, 2.24) is 0 Å². The summed E-state index contributed by atoms with van der Waals surface area (Å²) in [6, 6.07) is 7.44. The molecule has 0 aliphatic rings. The highest BCUT2D eigenvalue weighted by atomic mass is 35.5. The molecule has 0 aliphatic heterocycles. The fraction of sp³-hybridized carbons (Fsp3) is 0.200. The van der Waals surface area contributed by atoms with Crippen LogP contribution in [0.25, 0.3) is 0 Å².